The molecule has 0 bridgehead atoms. The van der Waals surface area contributed by atoms with Gasteiger partial charge in [-0.15, -0.1) is 0 Å². The van der Waals surface area contributed by atoms with Gasteiger partial charge in [-0.25, -0.2) is 0 Å². The summed E-state index contributed by atoms with van der Waals surface area (Å²) in [7, 11) is 0. The normalized spacial score (nSPS) is 10.9. The van der Waals surface area contributed by atoms with Crippen molar-refractivity contribution < 1.29 is 4.79 Å². The highest BCUT2D eigenvalue weighted by molar-refractivity contribution is 6.07. The molecule has 4 aromatic rings. The van der Waals surface area contributed by atoms with Crippen molar-refractivity contribution >= 4 is 16.6 Å². The van der Waals surface area contributed by atoms with Gasteiger partial charge in [0.15, 0.2) is 0 Å². The van der Waals surface area contributed by atoms with Crippen molar-refractivity contribution in [1.29, 1.82) is 0 Å². The Morgan fingerprint density at radius 1 is 0.679 bits per heavy atom. The average Bonchev–Trinajstić information content (AvgIpc) is 2.73. The number of carbonyl (C=O) groups excluding carboxylic acids is 1. The first kappa shape index (κ1) is 18.2. The van der Waals surface area contributed by atoms with Crippen LogP contribution in [0, 0.1) is 6.92 Å². The van der Waals surface area contributed by atoms with Crippen molar-refractivity contribution in [3.05, 3.63) is 96.1 Å². The van der Waals surface area contributed by atoms with Gasteiger partial charge >= 0.3 is 0 Å². The standard InChI is InChI=1S/C27H24O/c1-19(28)17-18-23-20(2)26(21-11-5-3-6-12-21)24-15-9-10-16-25(24)27(23)22-13-7-4-8-14-22/h3-16H,17-18H2,1-2H3. The van der Waals surface area contributed by atoms with Crippen LogP contribution in [-0.4, -0.2) is 5.78 Å². The second kappa shape index (κ2) is 7.82. The topological polar surface area (TPSA) is 17.1 Å². The van der Waals surface area contributed by atoms with Crippen LogP contribution in [0.25, 0.3) is 33.0 Å². The number of hydrogen-bond donors (Lipinski definition) is 0. The fourth-order valence-electron chi connectivity index (χ4n) is 4.15. The van der Waals surface area contributed by atoms with Crippen LogP contribution < -0.4 is 0 Å². The predicted molar refractivity (Wildman–Crippen MR) is 119 cm³/mol. The molecule has 0 saturated heterocycles. The maximum absolute atomic E-state index is 11.8. The van der Waals surface area contributed by atoms with Crippen LogP contribution in [0.1, 0.15) is 24.5 Å². The molecule has 0 atom stereocenters. The lowest BCUT2D eigenvalue weighted by atomic mass is 9.82. The minimum Gasteiger partial charge on any atom is -0.300 e. The monoisotopic (exact) mass is 364 g/mol. The summed E-state index contributed by atoms with van der Waals surface area (Å²) in [5.41, 5.74) is 7.51. The SMILES string of the molecule is CC(=O)CCc1c(C)c(-c2ccccc2)c2ccccc2c1-c1ccccc1. The van der Waals surface area contributed by atoms with Crippen LogP contribution in [0.2, 0.25) is 0 Å². The van der Waals surface area contributed by atoms with E-state index in [4.69, 9.17) is 0 Å². The zero-order chi connectivity index (χ0) is 19.5. The minimum absolute atomic E-state index is 0.229. The van der Waals surface area contributed by atoms with E-state index < -0.39 is 0 Å². The van der Waals surface area contributed by atoms with Crippen molar-refractivity contribution in [2.24, 2.45) is 0 Å². The number of fused-ring (bicyclic) bond motifs is 1. The van der Waals surface area contributed by atoms with E-state index in [1.165, 1.54) is 44.2 Å². The molecule has 0 unspecified atom stereocenters. The zero-order valence-corrected chi connectivity index (χ0v) is 16.4. The molecule has 0 fully saturated rings. The van der Waals surface area contributed by atoms with Crippen molar-refractivity contribution in [2.45, 2.75) is 26.7 Å². The molecule has 4 rings (SSSR count). The number of ketones is 1. The van der Waals surface area contributed by atoms with Crippen LogP contribution in [0.15, 0.2) is 84.9 Å². The van der Waals surface area contributed by atoms with Gasteiger partial charge in [0.1, 0.15) is 5.78 Å². The smallest absolute Gasteiger partial charge is 0.130 e. The van der Waals surface area contributed by atoms with Gasteiger partial charge in [-0.2, -0.15) is 0 Å². The zero-order valence-electron chi connectivity index (χ0n) is 16.4. The first-order valence-electron chi connectivity index (χ1n) is 9.81. The van der Waals surface area contributed by atoms with E-state index in [0.29, 0.717) is 6.42 Å². The molecule has 0 aliphatic rings. The van der Waals surface area contributed by atoms with E-state index in [1.807, 2.05) is 6.07 Å². The summed E-state index contributed by atoms with van der Waals surface area (Å²) in [6.45, 7) is 3.88. The number of carbonyl (C=O) groups is 1. The molecule has 0 heterocycles. The van der Waals surface area contributed by atoms with E-state index >= 15 is 0 Å². The van der Waals surface area contributed by atoms with Gasteiger partial charge < -0.3 is 4.79 Å². The van der Waals surface area contributed by atoms with E-state index in [9.17, 15) is 4.79 Å². The summed E-state index contributed by atoms with van der Waals surface area (Å²) in [5.74, 6) is 0.229. The van der Waals surface area contributed by atoms with E-state index in [0.717, 1.165) is 6.42 Å². The highest BCUT2D eigenvalue weighted by atomic mass is 16.1. The third-order valence-corrected chi connectivity index (χ3v) is 5.45. The Labute approximate surface area is 166 Å². The summed E-state index contributed by atoms with van der Waals surface area (Å²) in [4.78, 5) is 11.8. The fourth-order valence-corrected chi connectivity index (χ4v) is 4.15. The molecule has 4 aromatic carbocycles. The summed E-state index contributed by atoms with van der Waals surface area (Å²) in [5, 5.41) is 2.51. The number of Topliss-reactive ketones (excluding diaryl/α,β-unsaturated/α-hetero) is 1. The molecule has 0 aromatic heterocycles. The summed E-state index contributed by atoms with van der Waals surface area (Å²) in [6.07, 6.45) is 1.32. The molecule has 0 amide bonds. The van der Waals surface area contributed by atoms with Gasteiger partial charge in [-0.1, -0.05) is 84.9 Å². The highest BCUT2D eigenvalue weighted by Gasteiger charge is 2.19. The molecular weight excluding hydrogens is 340 g/mol. The molecule has 1 heteroatoms. The van der Waals surface area contributed by atoms with Crippen molar-refractivity contribution in [1.82, 2.24) is 0 Å². The molecule has 0 N–H and O–H groups in total. The van der Waals surface area contributed by atoms with Crippen LogP contribution >= 0.6 is 0 Å². The lowest BCUT2D eigenvalue weighted by molar-refractivity contribution is -0.116. The van der Waals surface area contributed by atoms with Gasteiger partial charge in [0.2, 0.25) is 0 Å². The van der Waals surface area contributed by atoms with E-state index in [1.54, 1.807) is 6.92 Å². The molecule has 1 nitrogen and oxygen atoms in total. The Bertz CT molecular complexity index is 1130. The number of hydrogen-bond acceptors (Lipinski definition) is 1. The second-order valence-corrected chi connectivity index (χ2v) is 7.33. The summed E-state index contributed by atoms with van der Waals surface area (Å²) >= 11 is 0. The Hall–Kier alpha value is -3.19. The number of benzene rings is 4. The van der Waals surface area contributed by atoms with E-state index in [-0.39, 0.29) is 5.78 Å². The van der Waals surface area contributed by atoms with Gasteiger partial charge in [-0.3, -0.25) is 0 Å². The first-order chi connectivity index (χ1) is 13.7. The number of rotatable bonds is 5. The molecule has 28 heavy (non-hydrogen) atoms. The van der Waals surface area contributed by atoms with Crippen LogP contribution in [0.4, 0.5) is 0 Å². The largest absolute Gasteiger partial charge is 0.300 e. The Kier molecular flexibility index (Phi) is 5.08. The van der Waals surface area contributed by atoms with Crippen LogP contribution in [0.3, 0.4) is 0 Å². The summed E-state index contributed by atoms with van der Waals surface area (Å²) in [6, 6.07) is 29.8. The summed E-state index contributed by atoms with van der Waals surface area (Å²) < 4.78 is 0. The average molecular weight is 364 g/mol. The highest BCUT2D eigenvalue weighted by Crippen LogP contribution is 2.42. The second-order valence-electron chi connectivity index (χ2n) is 7.33. The van der Waals surface area contributed by atoms with Gasteiger partial charge in [-0.05, 0) is 64.4 Å². The maximum Gasteiger partial charge on any atom is 0.130 e. The van der Waals surface area contributed by atoms with Crippen LogP contribution in [0.5, 0.6) is 0 Å². The van der Waals surface area contributed by atoms with Gasteiger partial charge in [0.25, 0.3) is 0 Å². The molecule has 0 aliphatic heterocycles. The van der Waals surface area contributed by atoms with Crippen molar-refractivity contribution in [2.75, 3.05) is 0 Å². The Morgan fingerprint density at radius 3 is 1.68 bits per heavy atom. The Morgan fingerprint density at radius 2 is 1.14 bits per heavy atom. The molecule has 138 valence electrons. The molecule has 0 saturated carbocycles. The third-order valence-electron chi connectivity index (χ3n) is 5.45. The quantitative estimate of drug-likeness (QED) is 0.372. The lowest BCUT2D eigenvalue weighted by Crippen LogP contribution is -2.02. The van der Waals surface area contributed by atoms with Crippen molar-refractivity contribution in [3.63, 3.8) is 0 Å². The van der Waals surface area contributed by atoms with Crippen LogP contribution in [-0.2, 0) is 11.2 Å². The maximum atomic E-state index is 11.8. The molecule has 0 spiro atoms. The fraction of sp³-hybridized carbons (Fsp3) is 0.148. The third kappa shape index (κ3) is 3.36. The van der Waals surface area contributed by atoms with Crippen molar-refractivity contribution in [3.8, 4) is 22.3 Å². The van der Waals surface area contributed by atoms with Gasteiger partial charge in [0.05, 0.1) is 0 Å². The minimum atomic E-state index is 0.229. The predicted octanol–water partition coefficient (Wildman–Crippen LogP) is 7.00. The molecule has 0 aliphatic carbocycles. The first-order valence-corrected chi connectivity index (χ1v) is 9.81. The van der Waals surface area contributed by atoms with E-state index in [2.05, 4.69) is 85.8 Å². The lowest BCUT2D eigenvalue weighted by Gasteiger charge is -2.21. The Balaban J connectivity index is 2.10. The van der Waals surface area contributed by atoms with Gasteiger partial charge in [0, 0.05) is 6.42 Å². The molecule has 0 radical (unpaired) electrons. The molecular formula is C27H24O.